The third-order valence-electron chi connectivity index (χ3n) is 4.64. The maximum Gasteiger partial charge on any atom is 0.233 e. The standard InChI is InChI=1S/C16H21ClN2O2/c17-13-3-1-2-12(10-13)16(5-8-21-9-6-16)15(20)19-7-4-14(18)11-19/h1-3,10,14H,4-9,11,18H2. The van der Waals surface area contributed by atoms with Crippen LogP contribution in [0.2, 0.25) is 5.02 Å². The zero-order chi connectivity index (χ0) is 14.9. The van der Waals surface area contributed by atoms with Gasteiger partial charge in [-0.2, -0.15) is 0 Å². The van der Waals surface area contributed by atoms with Crippen LogP contribution in [0.3, 0.4) is 0 Å². The van der Waals surface area contributed by atoms with Gasteiger partial charge < -0.3 is 15.4 Å². The monoisotopic (exact) mass is 308 g/mol. The van der Waals surface area contributed by atoms with Crippen molar-refractivity contribution in [1.29, 1.82) is 0 Å². The molecule has 2 fully saturated rings. The third-order valence-corrected chi connectivity index (χ3v) is 4.88. The first-order valence-corrected chi connectivity index (χ1v) is 7.88. The molecule has 2 heterocycles. The molecule has 3 rings (SSSR count). The van der Waals surface area contributed by atoms with Gasteiger partial charge in [-0.05, 0) is 37.0 Å². The van der Waals surface area contributed by atoms with Crippen LogP contribution in [0.5, 0.6) is 0 Å². The molecule has 0 aromatic heterocycles. The first kappa shape index (κ1) is 14.8. The van der Waals surface area contributed by atoms with E-state index in [-0.39, 0.29) is 11.9 Å². The molecule has 4 nitrogen and oxygen atoms in total. The Morgan fingerprint density at radius 1 is 1.38 bits per heavy atom. The van der Waals surface area contributed by atoms with Crippen molar-refractivity contribution in [3.63, 3.8) is 0 Å². The molecular weight excluding hydrogens is 288 g/mol. The van der Waals surface area contributed by atoms with E-state index in [9.17, 15) is 4.79 Å². The largest absolute Gasteiger partial charge is 0.381 e. The topological polar surface area (TPSA) is 55.6 Å². The first-order valence-electron chi connectivity index (χ1n) is 7.50. The second kappa shape index (κ2) is 5.95. The van der Waals surface area contributed by atoms with E-state index in [0.717, 1.165) is 18.5 Å². The average Bonchev–Trinajstić information content (AvgIpc) is 2.94. The fourth-order valence-corrected chi connectivity index (χ4v) is 3.60. The Kier molecular flexibility index (Phi) is 4.20. The van der Waals surface area contributed by atoms with Crippen molar-refractivity contribution in [3.05, 3.63) is 34.9 Å². The highest BCUT2D eigenvalue weighted by Crippen LogP contribution is 2.38. The summed E-state index contributed by atoms with van der Waals surface area (Å²) in [6.45, 7) is 2.63. The van der Waals surface area contributed by atoms with Gasteiger partial charge in [0, 0.05) is 37.4 Å². The van der Waals surface area contributed by atoms with E-state index in [4.69, 9.17) is 22.1 Å². The lowest BCUT2D eigenvalue weighted by Crippen LogP contribution is -2.49. The minimum atomic E-state index is -0.507. The predicted octanol–water partition coefficient (Wildman–Crippen LogP) is 1.95. The number of benzene rings is 1. The van der Waals surface area contributed by atoms with E-state index in [1.807, 2.05) is 29.2 Å². The van der Waals surface area contributed by atoms with Crippen molar-refractivity contribution in [1.82, 2.24) is 4.90 Å². The van der Waals surface area contributed by atoms with Gasteiger partial charge in [-0.3, -0.25) is 4.79 Å². The maximum atomic E-state index is 13.2. The van der Waals surface area contributed by atoms with E-state index in [1.165, 1.54) is 0 Å². The van der Waals surface area contributed by atoms with Crippen molar-refractivity contribution >= 4 is 17.5 Å². The number of likely N-dealkylation sites (tertiary alicyclic amines) is 1. The molecule has 1 aromatic carbocycles. The van der Waals surface area contributed by atoms with Gasteiger partial charge in [-0.25, -0.2) is 0 Å². The zero-order valence-corrected chi connectivity index (χ0v) is 12.8. The summed E-state index contributed by atoms with van der Waals surface area (Å²) in [6, 6.07) is 7.78. The van der Waals surface area contributed by atoms with Crippen molar-refractivity contribution in [2.75, 3.05) is 26.3 Å². The van der Waals surface area contributed by atoms with Crippen LogP contribution in [0.25, 0.3) is 0 Å². The number of hydrogen-bond acceptors (Lipinski definition) is 3. The Morgan fingerprint density at radius 3 is 2.76 bits per heavy atom. The Bertz CT molecular complexity index is 529. The van der Waals surface area contributed by atoms with Crippen LogP contribution in [-0.4, -0.2) is 43.2 Å². The van der Waals surface area contributed by atoms with E-state index < -0.39 is 5.41 Å². The van der Waals surface area contributed by atoms with Gasteiger partial charge >= 0.3 is 0 Å². The van der Waals surface area contributed by atoms with Crippen LogP contribution in [0.1, 0.15) is 24.8 Å². The summed E-state index contributed by atoms with van der Waals surface area (Å²) in [6.07, 6.45) is 2.30. The predicted molar refractivity (Wildman–Crippen MR) is 82.4 cm³/mol. The Balaban J connectivity index is 1.95. The number of halogens is 1. The van der Waals surface area contributed by atoms with Crippen LogP contribution in [0.15, 0.2) is 24.3 Å². The van der Waals surface area contributed by atoms with Gasteiger partial charge in [0.2, 0.25) is 5.91 Å². The van der Waals surface area contributed by atoms with Crippen LogP contribution in [-0.2, 0) is 14.9 Å². The fraction of sp³-hybridized carbons (Fsp3) is 0.562. The molecule has 0 bridgehead atoms. The molecule has 1 aromatic rings. The number of carbonyl (C=O) groups excluding carboxylic acids is 1. The van der Waals surface area contributed by atoms with E-state index in [1.54, 1.807) is 0 Å². The first-order chi connectivity index (χ1) is 10.1. The second-order valence-electron chi connectivity index (χ2n) is 6.00. The molecule has 2 aliphatic rings. The maximum absolute atomic E-state index is 13.2. The molecule has 1 unspecified atom stereocenters. The summed E-state index contributed by atoms with van der Waals surface area (Å²) in [7, 11) is 0. The highest BCUT2D eigenvalue weighted by molar-refractivity contribution is 6.30. The fourth-order valence-electron chi connectivity index (χ4n) is 3.41. The lowest BCUT2D eigenvalue weighted by Gasteiger charge is -2.39. The van der Waals surface area contributed by atoms with Crippen molar-refractivity contribution in [2.24, 2.45) is 5.73 Å². The van der Waals surface area contributed by atoms with Gasteiger partial charge in [0.25, 0.3) is 0 Å². The van der Waals surface area contributed by atoms with E-state index >= 15 is 0 Å². The lowest BCUT2D eigenvalue weighted by atomic mass is 9.73. The minimum Gasteiger partial charge on any atom is -0.381 e. The van der Waals surface area contributed by atoms with Crippen LogP contribution in [0, 0.1) is 0 Å². The summed E-state index contributed by atoms with van der Waals surface area (Å²) < 4.78 is 5.48. The number of hydrogen-bond donors (Lipinski definition) is 1. The average molecular weight is 309 g/mol. The molecule has 1 atom stereocenters. The molecular formula is C16H21ClN2O2. The number of carbonyl (C=O) groups is 1. The highest BCUT2D eigenvalue weighted by atomic mass is 35.5. The van der Waals surface area contributed by atoms with Gasteiger partial charge in [-0.15, -0.1) is 0 Å². The molecule has 114 valence electrons. The molecule has 0 radical (unpaired) electrons. The summed E-state index contributed by atoms with van der Waals surface area (Å²) in [5, 5.41) is 0.671. The molecule has 2 aliphatic heterocycles. The van der Waals surface area contributed by atoms with Crippen LogP contribution >= 0.6 is 11.6 Å². The number of nitrogens with zero attached hydrogens (tertiary/aromatic N) is 1. The quantitative estimate of drug-likeness (QED) is 0.908. The number of amides is 1. The Morgan fingerprint density at radius 2 is 2.14 bits per heavy atom. The normalized spacial score (nSPS) is 25.0. The second-order valence-corrected chi connectivity index (χ2v) is 6.44. The molecule has 0 saturated carbocycles. The van der Waals surface area contributed by atoms with Gasteiger partial charge in [0.1, 0.15) is 0 Å². The van der Waals surface area contributed by atoms with E-state index in [0.29, 0.717) is 37.6 Å². The summed E-state index contributed by atoms with van der Waals surface area (Å²) in [4.78, 5) is 15.1. The Labute approximate surface area is 130 Å². The molecule has 1 amide bonds. The van der Waals surface area contributed by atoms with Gasteiger partial charge in [0.05, 0.1) is 5.41 Å². The highest BCUT2D eigenvalue weighted by Gasteiger charge is 2.45. The van der Waals surface area contributed by atoms with Crippen molar-refractivity contribution < 1.29 is 9.53 Å². The summed E-state index contributed by atoms with van der Waals surface area (Å²) in [5.74, 6) is 0.181. The molecule has 0 spiro atoms. The molecule has 2 N–H and O–H groups in total. The Hall–Kier alpha value is -1.10. The zero-order valence-electron chi connectivity index (χ0n) is 12.1. The molecule has 0 aliphatic carbocycles. The summed E-state index contributed by atoms with van der Waals surface area (Å²) in [5.41, 5.74) is 6.46. The third kappa shape index (κ3) is 2.80. The van der Waals surface area contributed by atoms with Crippen LogP contribution < -0.4 is 5.73 Å². The molecule has 5 heteroatoms. The van der Waals surface area contributed by atoms with E-state index in [2.05, 4.69) is 0 Å². The summed E-state index contributed by atoms with van der Waals surface area (Å²) >= 11 is 6.14. The number of nitrogens with two attached hydrogens (primary N) is 1. The SMILES string of the molecule is NC1CCN(C(=O)C2(c3cccc(Cl)c3)CCOCC2)C1. The molecule has 21 heavy (non-hydrogen) atoms. The molecule has 2 saturated heterocycles. The minimum absolute atomic E-state index is 0.102. The van der Waals surface area contributed by atoms with Crippen LogP contribution in [0.4, 0.5) is 0 Å². The van der Waals surface area contributed by atoms with Crippen molar-refractivity contribution in [3.8, 4) is 0 Å². The van der Waals surface area contributed by atoms with Gasteiger partial charge in [0.15, 0.2) is 0 Å². The lowest BCUT2D eigenvalue weighted by molar-refractivity contribution is -0.140. The smallest absolute Gasteiger partial charge is 0.233 e. The number of ether oxygens (including phenoxy) is 1. The van der Waals surface area contributed by atoms with Gasteiger partial charge in [-0.1, -0.05) is 23.7 Å². The van der Waals surface area contributed by atoms with Crippen molar-refractivity contribution in [2.45, 2.75) is 30.7 Å². The number of rotatable bonds is 2.